The van der Waals surface area contributed by atoms with E-state index in [-0.39, 0.29) is 22.8 Å². The van der Waals surface area contributed by atoms with E-state index in [2.05, 4.69) is 21.0 Å². The Morgan fingerprint density at radius 1 is 1.10 bits per heavy atom. The zero-order valence-electron chi connectivity index (χ0n) is 21.6. The molecule has 4 aromatic rings. The second kappa shape index (κ2) is 10.0. The van der Waals surface area contributed by atoms with E-state index in [1.54, 1.807) is 30.2 Å². The van der Waals surface area contributed by atoms with E-state index >= 15 is 0 Å². The van der Waals surface area contributed by atoms with Crippen LogP contribution in [0.15, 0.2) is 54.9 Å². The molecule has 0 saturated carbocycles. The van der Waals surface area contributed by atoms with Gasteiger partial charge in [-0.2, -0.15) is 18.3 Å². The molecule has 3 aromatic carbocycles. The monoisotopic (exact) mass is 602 g/mol. The molecular weight excluding hydrogens is 583 g/mol. The summed E-state index contributed by atoms with van der Waals surface area (Å²) in [6, 6.07) is 5.19. The van der Waals surface area contributed by atoms with Gasteiger partial charge in [0, 0.05) is 52.8 Å². The molecule has 1 unspecified atom stereocenters. The second-order valence-corrected chi connectivity index (χ2v) is 10.3. The number of rotatable bonds is 5. The van der Waals surface area contributed by atoms with Crippen molar-refractivity contribution in [1.29, 1.82) is 0 Å². The third kappa shape index (κ3) is 4.89. The number of hydrogen-bond donors (Lipinski definition) is 3. The van der Waals surface area contributed by atoms with Gasteiger partial charge in [-0.05, 0) is 48.9 Å². The number of carbonyl (C=O) groups excluding carboxylic acids is 2. The van der Waals surface area contributed by atoms with E-state index < -0.39 is 46.9 Å². The van der Waals surface area contributed by atoms with Crippen LogP contribution in [0.25, 0.3) is 0 Å². The number of anilines is 4. The van der Waals surface area contributed by atoms with Crippen LogP contribution < -0.4 is 20.9 Å². The molecule has 8 nitrogen and oxygen atoms in total. The number of hydrogen-bond acceptors (Lipinski definition) is 4. The van der Waals surface area contributed by atoms with Crippen molar-refractivity contribution in [3.05, 3.63) is 99.3 Å². The molecule has 42 heavy (non-hydrogen) atoms. The number of aryl methyl sites for hydroxylation is 1. The molecule has 6 rings (SSSR count). The highest BCUT2D eigenvalue weighted by Crippen LogP contribution is 2.49. The summed E-state index contributed by atoms with van der Waals surface area (Å²) in [7, 11) is 1.72. The van der Waals surface area contributed by atoms with E-state index in [4.69, 9.17) is 11.6 Å². The number of carbonyl (C=O) groups is 2. The molecule has 3 N–H and O–H groups in total. The third-order valence-corrected chi connectivity index (χ3v) is 7.43. The lowest BCUT2D eigenvalue weighted by Crippen LogP contribution is -2.46. The van der Waals surface area contributed by atoms with E-state index in [0.29, 0.717) is 52.8 Å². The Bertz CT molecular complexity index is 1770. The summed E-state index contributed by atoms with van der Waals surface area (Å²) in [4.78, 5) is 28.0. The summed E-state index contributed by atoms with van der Waals surface area (Å²) in [6.45, 7) is 0.287. The molecular formula is C28H20ClF5N6O2. The van der Waals surface area contributed by atoms with Crippen molar-refractivity contribution in [3.63, 3.8) is 0 Å². The zero-order chi connectivity index (χ0) is 29.9. The summed E-state index contributed by atoms with van der Waals surface area (Å²) < 4.78 is 70.2. The molecule has 0 spiro atoms. The van der Waals surface area contributed by atoms with Crippen molar-refractivity contribution in [1.82, 2.24) is 15.1 Å². The highest BCUT2D eigenvalue weighted by Gasteiger charge is 2.41. The first-order valence-electron chi connectivity index (χ1n) is 12.6. The average molecular weight is 603 g/mol. The number of nitrogens with zero attached hydrogens (tertiary/aromatic N) is 3. The summed E-state index contributed by atoms with van der Waals surface area (Å²) in [5.41, 5.74) is 0.953. The Hall–Kier alpha value is -4.65. The SMILES string of the molecule is Cn1cc(Nc2cc(NC(=O)c3cc(F)cc(C(F)(F)F)c3)c3c4c2CCN4C(=O)NC3c2cc(F)ccc2Cl)cn1. The van der Waals surface area contributed by atoms with Gasteiger partial charge < -0.3 is 16.0 Å². The second-order valence-electron chi connectivity index (χ2n) is 9.87. The fraction of sp³-hybridized carbons (Fsp3) is 0.179. The highest BCUT2D eigenvalue weighted by atomic mass is 35.5. The third-order valence-electron chi connectivity index (χ3n) is 7.09. The van der Waals surface area contributed by atoms with Crippen molar-refractivity contribution in [3.8, 4) is 0 Å². The van der Waals surface area contributed by atoms with E-state index in [0.717, 1.165) is 12.1 Å². The molecule has 0 radical (unpaired) electrons. The van der Waals surface area contributed by atoms with Crippen LogP contribution in [0, 0.1) is 11.6 Å². The first-order valence-corrected chi connectivity index (χ1v) is 12.9. The molecule has 3 heterocycles. The molecule has 2 aliphatic rings. The topological polar surface area (TPSA) is 91.3 Å². The van der Waals surface area contributed by atoms with Crippen LogP contribution in [-0.2, 0) is 19.6 Å². The number of alkyl halides is 3. The Labute approximate surface area is 240 Å². The Morgan fingerprint density at radius 2 is 1.88 bits per heavy atom. The molecule has 14 heteroatoms. The summed E-state index contributed by atoms with van der Waals surface area (Å²) in [5.74, 6) is -2.90. The number of amides is 3. The smallest absolute Gasteiger partial charge is 0.353 e. The number of halogens is 6. The van der Waals surface area contributed by atoms with Gasteiger partial charge in [0.15, 0.2) is 0 Å². The fourth-order valence-corrected chi connectivity index (χ4v) is 5.52. The number of benzene rings is 3. The van der Waals surface area contributed by atoms with Gasteiger partial charge in [-0.1, -0.05) is 11.6 Å². The van der Waals surface area contributed by atoms with Crippen LogP contribution >= 0.6 is 11.6 Å². The molecule has 1 atom stereocenters. The molecule has 1 aromatic heterocycles. The fourth-order valence-electron chi connectivity index (χ4n) is 5.30. The van der Waals surface area contributed by atoms with Crippen molar-refractivity contribution < 1.29 is 31.5 Å². The summed E-state index contributed by atoms with van der Waals surface area (Å²) >= 11 is 6.42. The van der Waals surface area contributed by atoms with Gasteiger partial charge in [0.1, 0.15) is 11.6 Å². The van der Waals surface area contributed by atoms with Crippen molar-refractivity contribution in [2.45, 2.75) is 18.6 Å². The maximum Gasteiger partial charge on any atom is 0.416 e. The lowest BCUT2D eigenvalue weighted by Gasteiger charge is -2.35. The van der Waals surface area contributed by atoms with E-state index in [9.17, 15) is 31.5 Å². The molecule has 3 amide bonds. The largest absolute Gasteiger partial charge is 0.416 e. The van der Waals surface area contributed by atoms with Crippen molar-refractivity contribution >= 4 is 46.3 Å². The maximum atomic E-state index is 14.4. The minimum atomic E-state index is -4.89. The molecule has 0 aliphatic carbocycles. The van der Waals surface area contributed by atoms with Crippen LogP contribution in [0.4, 0.5) is 49.5 Å². The van der Waals surface area contributed by atoms with E-state index in [1.165, 1.54) is 11.0 Å². The van der Waals surface area contributed by atoms with Gasteiger partial charge >= 0.3 is 12.2 Å². The normalized spacial score (nSPS) is 15.8. The predicted octanol–water partition coefficient (Wildman–Crippen LogP) is 6.54. The Morgan fingerprint density at radius 3 is 2.60 bits per heavy atom. The first kappa shape index (κ1) is 27.5. The van der Waals surface area contributed by atoms with Gasteiger partial charge in [-0.15, -0.1) is 0 Å². The van der Waals surface area contributed by atoms with Crippen molar-refractivity contribution in [2.75, 3.05) is 22.1 Å². The molecule has 216 valence electrons. The van der Waals surface area contributed by atoms with Crippen molar-refractivity contribution in [2.24, 2.45) is 7.05 Å². The quantitative estimate of drug-likeness (QED) is 0.226. The lowest BCUT2D eigenvalue weighted by molar-refractivity contribution is -0.137. The Kier molecular flexibility index (Phi) is 6.56. The van der Waals surface area contributed by atoms with Gasteiger partial charge in [-0.3, -0.25) is 14.4 Å². The first-order chi connectivity index (χ1) is 19.9. The maximum absolute atomic E-state index is 14.4. The standard InChI is InChI=1S/C28H20ClF5N6O2/c1-39-12-17(11-35-39)36-21-10-22(37-26(41)13-6-14(28(32,33)34)8-16(31)7-13)23-24(19-9-15(30)2-3-20(19)29)38-27(42)40-5-4-18(21)25(23)40/h2-3,6-12,24,36H,4-5H2,1H3,(H,37,41)(H,38,42). The average Bonchev–Trinajstić information content (AvgIpc) is 3.55. The predicted molar refractivity (Wildman–Crippen MR) is 145 cm³/mol. The van der Waals surface area contributed by atoms with Gasteiger partial charge in [0.2, 0.25) is 0 Å². The molecule has 0 fully saturated rings. The number of nitrogens with one attached hydrogen (secondary N) is 3. The van der Waals surface area contributed by atoms with Gasteiger partial charge in [0.05, 0.1) is 34.9 Å². The molecule has 0 saturated heterocycles. The van der Waals surface area contributed by atoms with Crippen LogP contribution in [0.1, 0.15) is 38.7 Å². The van der Waals surface area contributed by atoms with Crippen LogP contribution in [0.5, 0.6) is 0 Å². The van der Waals surface area contributed by atoms with Gasteiger partial charge in [0.25, 0.3) is 5.91 Å². The minimum absolute atomic E-state index is 0.0835. The van der Waals surface area contributed by atoms with Crippen LogP contribution in [0.2, 0.25) is 5.02 Å². The molecule has 2 aliphatic heterocycles. The Balaban J connectivity index is 1.53. The van der Waals surface area contributed by atoms with E-state index in [1.807, 2.05) is 0 Å². The number of urea groups is 1. The molecule has 0 bridgehead atoms. The minimum Gasteiger partial charge on any atom is -0.353 e. The summed E-state index contributed by atoms with van der Waals surface area (Å²) in [6.07, 6.45) is -1.20. The highest BCUT2D eigenvalue weighted by molar-refractivity contribution is 6.31. The zero-order valence-corrected chi connectivity index (χ0v) is 22.4. The summed E-state index contributed by atoms with van der Waals surface area (Å²) in [5, 5.41) is 12.9. The van der Waals surface area contributed by atoms with Gasteiger partial charge in [-0.25, -0.2) is 13.6 Å². The van der Waals surface area contributed by atoms with Crippen LogP contribution in [-0.4, -0.2) is 28.3 Å². The number of aromatic nitrogens is 2. The van der Waals surface area contributed by atoms with Crippen LogP contribution in [0.3, 0.4) is 0 Å². The lowest BCUT2D eigenvalue weighted by atomic mass is 9.90.